The van der Waals surface area contributed by atoms with Crippen molar-refractivity contribution in [2.75, 3.05) is 13.1 Å². The minimum atomic E-state index is -2.56. The Balaban J connectivity index is 1.64. The van der Waals surface area contributed by atoms with Crippen molar-refractivity contribution < 1.29 is 18.1 Å². The maximum atomic E-state index is 13.2. The van der Waals surface area contributed by atoms with Crippen molar-refractivity contribution in [1.82, 2.24) is 4.31 Å². The van der Waals surface area contributed by atoms with Crippen LogP contribution in [0, 0.1) is 0 Å². The number of benzene rings is 1. The van der Waals surface area contributed by atoms with Crippen LogP contribution in [0.3, 0.4) is 0 Å². The summed E-state index contributed by atoms with van der Waals surface area (Å²) in [4.78, 5) is 0.947. The van der Waals surface area contributed by atoms with Gasteiger partial charge >= 0.3 is 7.12 Å². The van der Waals surface area contributed by atoms with Gasteiger partial charge in [0, 0.05) is 17.9 Å². The summed E-state index contributed by atoms with van der Waals surface area (Å²) < 4.78 is 40.2. The zero-order chi connectivity index (χ0) is 16.9. The number of hydrogen-bond donors (Lipinski definition) is 0. The SMILES string of the molecule is CC1(C)OB(c2ccc(SN3CCC(F)(F)C3)cc2)OC1(C)C. The van der Waals surface area contributed by atoms with Gasteiger partial charge in [0.1, 0.15) is 0 Å². The Morgan fingerprint density at radius 3 is 2.09 bits per heavy atom. The van der Waals surface area contributed by atoms with Crippen LogP contribution in [0.15, 0.2) is 29.2 Å². The molecule has 0 aromatic heterocycles. The predicted molar refractivity (Wildman–Crippen MR) is 89.2 cm³/mol. The number of hydrogen-bond acceptors (Lipinski definition) is 4. The highest BCUT2D eigenvalue weighted by molar-refractivity contribution is 7.97. The largest absolute Gasteiger partial charge is 0.494 e. The maximum Gasteiger partial charge on any atom is 0.494 e. The van der Waals surface area contributed by atoms with Crippen molar-refractivity contribution >= 4 is 24.5 Å². The molecule has 2 fully saturated rings. The lowest BCUT2D eigenvalue weighted by Gasteiger charge is -2.32. The Labute approximate surface area is 141 Å². The van der Waals surface area contributed by atoms with Gasteiger partial charge in [-0.05, 0) is 57.2 Å². The third-order valence-electron chi connectivity index (χ3n) is 4.77. The van der Waals surface area contributed by atoms with Gasteiger partial charge in [-0.1, -0.05) is 12.1 Å². The van der Waals surface area contributed by atoms with Crippen molar-refractivity contribution in [1.29, 1.82) is 0 Å². The molecule has 23 heavy (non-hydrogen) atoms. The molecule has 2 aliphatic rings. The summed E-state index contributed by atoms with van der Waals surface area (Å²) in [5.41, 5.74) is 0.207. The molecule has 0 amide bonds. The highest BCUT2D eigenvalue weighted by Gasteiger charge is 2.51. The van der Waals surface area contributed by atoms with E-state index in [0.717, 1.165) is 10.4 Å². The van der Waals surface area contributed by atoms with Crippen LogP contribution in [-0.2, 0) is 9.31 Å². The highest BCUT2D eigenvalue weighted by atomic mass is 32.2. The van der Waals surface area contributed by atoms with E-state index in [0.29, 0.717) is 6.54 Å². The molecule has 3 rings (SSSR count). The number of halogens is 2. The molecule has 0 N–H and O–H groups in total. The molecule has 1 aromatic rings. The lowest BCUT2D eigenvalue weighted by molar-refractivity contribution is 0.00578. The first-order chi connectivity index (χ1) is 10.6. The van der Waals surface area contributed by atoms with Crippen molar-refractivity contribution in [3.05, 3.63) is 24.3 Å². The van der Waals surface area contributed by atoms with Gasteiger partial charge in [0.25, 0.3) is 5.92 Å². The second kappa shape index (κ2) is 5.72. The average molecular weight is 341 g/mol. The molecule has 2 heterocycles. The molecule has 0 bridgehead atoms. The van der Waals surface area contributed by atoms with Gasteiger partial charge in [-0.25, -0.2) is 13.1 Å². The first kappa shape index (κ1) is 17.2. The van der Waals surface area contributed by atoms with E-state index in [2.05, 4.69) is 0 Å². The summed E-state index contributed by atoms with van der Waals surface area (Å²) in [6, 6.07) is 7.75. The molecule has 3 nitrogen and oxygen atoms in total. The molecule has 0 radical (unpaired) electrons. The van der Waals surface area contributed by atoms with Crippen molar-refractivity contribution in [2.45, 2.75) is 56.1 Å². The van der Waals surface area contributed by atoms with E-state index in [1.165, 1.54) is 11.9 Å². The normalized spacial score (nSPS) is 25.9. The van der Waals surface area contributed by atoms with Crippen molar-refractivity contribution in [2.24, 2.45) is 0 Å². The average Bonchev–Trinajstić information content (AvgIpc) is 2.87. The van der Waals surface area contributed by atoms with Gasteiger partial charge < -0.3 is 9.31 Å². The van der Waals surface area contributed by atoms with E-state index < -0.39 is 13.0 Å². The van der Waals surface area contributed by atoms with Crippen LogP contribution >= 0.6 is 11.9 Å². The molecule has 0 unspecified atom stereocenters. The van der Waals surface area contributed by atoms with Gasteiger partial charge in [0.15, 0.2) is 0 Å². The summed E-state index contributed by atoms with van der Waals surface area (Å²) in [6.07, 6.45) is -0.0635. The molecule has 7 heteroatoms. The Hall–Kier alpha value is -0.625. The molecule has 0 aliphatic carbocycles. The highest BCUT2D eigenvalue weighted by Crippen LogP contribution is 2.37. The van der Waals surface area contributed by atoms with Crippen molar-refractivity contribution in [3.8, 4) is 0 Å². The fourth-order valence-electron chi connectivity index (χ4n) is 2.60. The zero-order valence-corrected chi connectivity index (χ0v) is 14.8. The minimum Gasteiger partial charge on any atom is -0.399 e. The topological polar surface area (TPSA) is 21.7 Å². The molecule has 126 valence electrons. The smallest absolute Gasteiger partial charge is 0.399 e. The Bertz CT molecular complexity index is 564. The van der Waals surface area contributed by atoms with E-state index in [9.17, 15) is 8.78 Å². The van der Waals surface area contributed by atoms with Crippen LogP contribution < -0.4 is 5.46 Å². The van der Waals surface area contributed by atoms with Crippen LogP contribution in [0.1, 0.15) is 34.1 Å². The first-order valence-corrected chi connectivity index (χ1v) is 8.62. The van der Waals surface area contributed by atoms with Gasteiger partial charge in [-0.2, -0.15) is 0 Å². The molecular weight excluding hydrogens is 319 g/mol. The minimum absolute atomic E-state index is 0.0635. The second-order valence-electron chi connectivity index (χ2n) is 7.22. The summed E-state index contributed by atoms with van der Waals surface area (Å²) in [6.45, 7) is 8.30. The van der Waals surface area contributed by atoms with Gasteiger partial charge in [-0.15, -0.1) is 0 Å². The van der Waals surface area contributed by atoms with Crippen LogP contribution in [-0.4, -0.2) is 41.6 Å². The summed E-state index contributed by atoms with van der Waals surface area (Å²) >= 11 is 1.38. The van der Waals surface area contributed by atoms with Gasteiger partial charge in [-0.3, -0.25) is 0 Å². The van der Waals surface area contributed by atoms with Gasteiger partial charge in [0.05, 0.1) is 17.7 Å². The van der Waals surface area contributed by atoms with Crippen LogP contribution in [0.2, 0.25) is 0 Å². The summed E-state index contributed by atoms with van der Waals surface area (Å²) in [5, 5.41) is 0. The van der Waals surface area contributed by atoms with E-state index in [-0.39, 0.29) is 24.2 Å². The van der Waals surface area contributed by atoms with Gasteiger partial charge in [0.2, 0.25) is 0 Å². The third-order valence-corrected chi connectivity index (χ3v) is 5.83. The summed E-state index contributed by atoms with van der Waals surface area (Å²) in [7, 11) is -0.393. The Morgan fingerprint density at radius 2 is 1.61 bits per heavy atom. The van der Waals surface area contributed by atoms with E-state index in [1.54, 1.807) is 4.31 Å². The summed E-state index contributed by atoms with van der Waals surface area (Å²) in [5.74, 6) is -2.56. The molecule has 1 aromatic carbocycles. The first-order valence-electron chi connectivity index (χ1n) is 7.84. The number of nitrogens with zero attached hydrogens (tertiary/aromatic N) is 1. The van der Waals surface area contributed by atoms with Crippen molar-refractivity contribution in [3.63, 3.8) is 0 Å². The standard InChI is InChI=1S/C16H22BF2NO2S/c1-14(2)15(3,4)22-17(21-14)12-5-7-13(8-6-12)23-20-10-9-16(18,19)11-20/h5-8H,9-11H2,1-4H3. The third kappa shape index (κ3) is 3.58. The van der Waals surface area contributed by atoms with Crippen LogP contribution in [0.4, 0.5) is 8.78 Å². The quantitative estimate of drug-likeness (QED) is 0.621. The fraction of sp³-hybridized carbons (Fsp3) is 0.625. The molecule has 2 aliphatic heterocycles. The number of alkyl halides is 2. The maximum absolute atomic E-state index is 13.2. The Kier molecular flexibility index (Phi) is 4.28. The molecule has 2 saturated heterocycles. The molecule has 0 spiro atoms. The van der Waals surface area contributed by atoms with E-state index >= 15 is 0 Å². The molecule has 0 atom stereocenters. The second-order valence-corrected chi connectivity index (χ2v) is 8.39. The zero-order valence-electron chi connectivity index (χ0n) is 13.9. The molecular formula is C16H22BF2NO2S. The Morgan fingerprint density at radius 1 is 1.04 bits per heavy atom. The van der Waals surface area contributed by atoms with Crippen LogP contribution in [0.5, 0.6) is 0 Å². The molecule has 0 saturated carbocycles. The lowest BCUT2D eigenvalue weighted by atomic mass is 9.79. The predicted octanol–water partition coefficient (Wildman–Crippen LogP) is 3.33. The monoisotopic (exact) mass is 341 g/mol. The fourth-order valence-corrected chi connectivity index (χ4v) is 3.59. The van der Waals surface area contributed by atoms with Crippen LogP contribution in [0.25, 0.3) is 0 Å². The lowest BCUT2D eigenvalue weighted by Crippen LogP contribution is -2.41. The van der Waals surface area contributed by atoms with E-state index in [1.807, 2.05) is 52.0 Å². The number of rotatable bonds is 3. The van der Waals surface area contributed by atoms with E-state index in [4.69, 9.17) is 9.31 Å².